The zero-order valence-corrected chi connectivity index (χ0v) is 20.0. The van der Waals surface area contributed by atoms with Crippen LogP contribution in [0.1, 0.15) is 73.6 Å². The summed E-state index contributed by atoms with van der Waals surface area (Å²) < 4.78 is 5.56. The molecule has 2 N–H and O–H groups in total. The monoisotopic (exact) mass is 439 g/mol. The third kappa shape index (κ3) is 6.82. The Hall–Kier alpha value is -1.83. The van der Waals surface area contributed by atoms with E-state index in [0.29, 0.717) is 12.3 Å². The third-order valence-electron chi connectivity index (χ3n) is 6.14. The topological polar surface area (TPSA) is 99.2 Å². The van der Waals surface area contributed by atoms with Crippen LogP contribution in [0.4, 0.5) is 4.79 Å². The number of rotatable bonds is 6. The first kappa shape index (κ1) is 25.4. The van der Waals surface area contributed by atoms with Crippen molar-refractivity contribution in [2.75, 3.05) is 19.7 Å². The van der Waals surface area contributed by atoms with Crippen LogP contribution in [0.15, 0.2) is 0 Å². The lowest BCUT2D eigenvalue weighted by molar-refractivity contribution is -0.140. The molecule has 0 aromatic carbocycles. The second kappa shape index (κ2) is 10.7. The predicted molar refractivity (Wildman–Crippen MR) is 118 cm³/mol. The van der Waals surface area contributed by atoms with Gasteiger partial charge >= 0.3 is 6.09 Å². The summed E-state index contributed by atoms with van der Waals surface area (Å²) in [5.74, 6) is 0.254. The van der Waals surface area contributed by atoms with E-state index in [9.17, 15) is 14.4 Å². The Balaban J connectivity index is 2.28. The van der Waals surface area contributed by atoms with E-state index in [0.717, 1.165) is 25.7 Å². The molecule has 1 heterocycles. The van der Waals surface area contributed by atoms with Crippen molar-refractivity contribution in [3.8, 4) is 0 Å². The highest BCUT2D eigenvalue weighted by molar-refractivity contribution is 5.87. The van der Waals surface area contributed by atoms with Crippen LogP contribution in [-0.2, 0) is 14.3 Å². The maximum atomic E-state index is 13.2. The van der Waals surface area contributed by atoms with Crippen molar-refractivity contribution in [2.45, 2.75) is 97.4 Å². The number of nitrogens with zero attached hydrogens (tertiary/aromatic N) is 2. The number of aliphatic hydroxyl groups is 1. The van der Waals surface area contributed by atoms with Crippen molar-refractivity contribution in [1.82, 2.24) is 15.1 Å². The first-order valence-corrected chi connectivity index (χ1v) is 11.6. The zero-order valence-electron chi connectivity index (χ0n) is 20.0. The van der Waals surface area contributed by atoms with E-state index in [2.05, 4.69) is 12.2 Å². The molecule has 0 radical (unpaired) electrons. The Labute approximate surface area is 186 Å². The lowest BCUT2D eigenvalue weighted by Gasteiger charge is -2.40. The van der Waals surface area contributed by atoms with Gasteiger partial charge in [0.1, 0.15) is 11.6 Å². The molecule has 1 saturated heterocycles. The van der Waals surface area contributed by atoms with Gasteiger partial charge in [0.05, 0.1) is 12.6 Å². The SMILES string of the molecule is CC1CCC(N(C(=O)C(C)C)[C@H]2C[C@@H](C(=O)NCCO)N(C(=O)OC(C)(C)C)C2)CC1. The Morgan fingerprint density at radius 2 is 1.74 bits per heavy atom. The van der Waals surface area contributed by atoms with Crippen molar-refractivity contribution in [3.05, 3.63) is 0 Å². The number of carbonyl (C=O) groups is 3. The molecule has 0 unspecified atom stereocenters. The van der Waals surface area contributed by atoms with E-state index in [1.54, 1.807) is 20.8 Å². The van der Waals surface area contributed by atoms with Gasteiger partial charge < -0.3 is 20.1 Å². The van der Waals surface area contributed by atoms with E-state index in [1.807, 2.05) is 18.7 Å². The van der Waals surface area contributed by atoms with Gasteiger partial charge in [-0.25, -0.2) is 4.79 Å². The van der Waals surface area contributed by atoms with Crippen molar-refractivity contribution >= 4 is 17.9 Å². The molecule has 0 aromatic rings. The molecule has 8 heteroatoms. The molecule has 2 rings (SSSR count). The fourth-order valence-corrected chi connectivity index (χ4v) is 4.56. The van der Waals surface area contributed by atoms with Gasteiger partial charge in [0.2, 0.25) is 11.8 Å². The van der Waals surface area contributed by atoms with Crippen LogP contribution in [0.25, 0.3) is 0 Å². The molecule has 1 aliphatic carbocycles. The predicted octanol–water partition coefficient (Wildman–Crippen LogP) is 2.54. The third-order valence-corrected chi connectivity index (χ3v) is 6.14. The molecule has 178 valence electrons. The second-order valence-corrected chi connectivity index (χ2v) is 10.4. The second-order valence-electron chi connectivity index (χ2n) is 10.4. The molecule has 2 atom stereocenters. The number of hydrogen-bond acceptors (Lipinski definition) is 5. The maximum absolute atomic E-state index is 13.2. The van der Waals surface area contributed by atoms with Gasteiger partial charge in [-0.15, -0.1) is 0 Å². The van der Waals surface area contributed by atoms with Crippen molar-refractivity contribution in [1.29, 1.82) is 0 Å². The van der Waals surface area contributed by atoms with Gasteiger partial charge in [0.15, 0.2) is 0 Å². The molecular weight excluding hydrogens is 398 g/mol. The summed E-state index contributed by atoms with van der Waals surface area (Å²) in [5.41, 5.74) is -0.686. The molecule has 0 aromatic heterocycles. The van der Waals surface area contributed by atoms with E-state index in [-0.39, 0.29) is 49.5 Å². The minimum atomic E-state index is -0.726. The largest absolute Gasteiger partial charge is 0.444 e. The summed E-state index contributed by atoms with van der Waals surface area (Å²) in [6, 6.07) is -0.821. The van der Waals surface area contributed by atoms with Crippen LogP contribution >= 0.6 is 0 Å². The van der Waals surface area contributed by atoms with Crippen molar-refractivity contribution < 1.29 is 24.2 Å². The summed E-state index contributed by atoms with van der Waals surface area (Å²) in [7, 11) is 0. The molecule has 2 aliphatic rings. The zero-order chi connectivity index (χ0) is 23.3. The smallest absolute Gasteiger partial charge is 0.411 e. The first-order valence-electron chi connectivity index (χ1n) is 11.6. The Kier molecular flexibility index (Phi) is 8.74. The van der Waals surface area contributed by atoms with Crippen LogP contribution in [0.5, 0.6) is 0 Å². The highest BCUT2D eigenvalue weighted by Crippen LogP contribution is 2.33. The highest BCUT2D eigenvalue weighted by atomic mass is 16.6. The summed E-state index contributed by atoms with van der Waals surface area (Å²) >= 11 is 0. The van der Waals surface area contributed by atoms with E-state index in [1.165, 1.54) is 4.90 Å². The lowest BCUT2D eigenvalue weighted by atomic mass is 9.85. The quantitative estimate of drug-likeness (QED) is 0.663. The molecule has 3 amide bonds. The van der Waals surface area contributed by atoms with Crippen LogP contribution in [-0.4, -0.2) is 76.2 Å². The fraction of sp³-hybridized carbons (Fsp3) is 0.870. The van der Waals surface area contributed by atoms with Gasteiger partial charge in [-0.1, -0.05) is 20.8 Å². The number of amides is 3. The molecule has 2 fully saturated rings. The molecule has 0 spiro atoms. The van der Waals surface area contributed by atoms with Crippen LogP contribution in [0.3, 0.4) is 0 Å². The maximum Gasteiger partial charge on any atom is 0.411 e. The van der Waals surface area contributed by atoms with Crippen LogP contribution < -0.4 is 5.32 Å². The fourth-order valence-electron chi connectivity index (χ4n) is 4.56. The van der Waals surface area contributed by atoms with Gasteiger partial charge in [-0.05, 0) is 58.8 Å². The molecule has 31 heavy (non-hydrogen) atoms. The van der Waals surface area contributed by atoms with E-state index in [4.69, 9.17) is 9.84 Å². The van der Waals surface area contributed by atoms with Crippen molar-refractivity contribution in [2.24, 2.45) is 11.8 Å². The summed E-state index contributed by atoms with van der Waals surface area (Å²) in [4.78, 5) is 42.4. The number of ether oxygens (including phenoxy) is 1. The Morgan fingerprint density at radius 1 is 1.13 bits per heavy atom. The summed E-state index contributed by atoms with van der Waals surface area (Å²) in [6.07, 6.45) is 3.88. The van der Waals surface area contributed by atoms with Crippen molar-refractivity contribution in [3.63, 3.8) is 0 Å². The number of likely N-dealkylation sites (tertiary alicyclic amines) is 1. The molecule has 8 nitrogen and oxygen atoms in total. The average Bonchev–Trinajstić information content (AvgIpc) is 3.11. The average molecular weight is 440 g/mol. The number of carbonyl (C=O) groups excluding carboxylic acids is 3. The summed E-state index contributed by atoms with van der Waals surface area (Å²) in [6.45, 7) is 11.6. The van der Waals surface area contributed by atoms with E-state index >= 15 is 0 Å². The standard InChI is InChI=1S/C23H41N3O5/c1-15(2)21(29)26(17-9-7-16(3)8-10-17)18-13-19(20(28)24-11-12-27)25(14-18)22(30)31-23(4,5)6/h15-19,27H,7-14H2,1-6H3,(H,24,28)/t16?,17?,18-,19-/m0/s1. The molecule has 1 aliphatic heterocycles. The molecule has 0 bridgehead atoms. The number of nitrogens with one attached hydrogen (secondary N) is 1. The normalized spacial score (nSPS) is 26.6. The van der Waals surface area contributed by atoms with E-state index < -0.39 is 17.7 Å². The van der Waals surface area contributed by atoms with Crippen LogP contribution in [0.2, 0.25) is 0 Å². The van der Waals surface area contributed by atoms with Gasteiger partial charge in [-0.2, -0.15) is 0 Å². The van der Waals surface area contributed by atoms with Gasteiger partial charge in [-0.3, -0.25) is 14.5 Å². The Bertz CT molecular complexity index is 638. The van der Waals surface area contributed by atoms with Gasteiger partial charge in [0.25, 0.3) is 0 Å². The Morgan fingerprint density at radius 3 is 2.26 bits per heavy atom. The lowest BCUT2D eigenvalue weighted by Crippen LogP contribution is -2.51. The number of aliphatic hydroxyl groups excluding tert-OH is 1. The van der Waals surface area contributed by atoms with Gasteiger partial charge in [0, 0.05) is 25.0 Å². The summed E-state index contributed by atoms with van der Waals surface area (Å²) in [5, 5.41) is 11.8. The number of hydrogen-bond donors (Lipinski definition) is 2. The first-order chi connectivity index (χ1) is 14.4. The minimum Gasteiger partial charge on any atom is -0.444 e. The molecule has 1 saturated carbocycles. The van der Waals surface area contributed by atoms with Crippen LogP contribution in [0, 0.1) is 11.8 Å². The molecular formula is C23H41N3O5. The minimum absolute atomic E-state index is 0.0742. The highest BCUT2D eigenvalue weighted by Gasteiger charge is 2.46.